The topological polar surface area (TPSA) is 58.4 Å². The van der Waals surface area contributed by atoms with Gasteiger partial charge in [0.25, 0.3) is 5.69 Å². The summed E-state index contributed by atoms with van der Waals surface area (Å²) in [5, 5.41) is 14.5. The molecule has 1 N–H and O–H groups in total. The predicted molar refractivity (Wildman–Crippen MR) is 74.8 cm³/mol. The van der Waals surface area contributed by atoms with E-state index in [0.717, 1.165) is 32.0 Å². The zero-order valence-electron chi connectivity index (χ0n) is 11.8. The number of halogens is 3. The minimum atomic E-state index is -4.58. The van der Waals surface area contributed by atoms with Gasteiger partial charge in [-0.05, 0) is 31.5 Å². The minimum absolute atomic E-state index is 0.0938. The van der Waals surface area contributed by atoms with E-state index in [2.05, 4.69) is 5.32 Å². The molecule has 1 spiro atoms. The molecule has 2 aliphatic rings. The summed E-state index contributed by atoms with van der Waals surface area (Å²) in [7, 11) is 0. The van der Waals surface area contributed by atoms with E-state index in [0.29, 0.717) is 19.2 Å². The number of nitrogens with one attached hydrogen (secondary N) is 1. The molecule has 1 aromatic carbocycles. The first-order valence-electron chi connectivity index (χ1n) is 7.12. The van der Waals surface area contributed by atoms with Crippen LogP contribution in [0.1, 0.15) is 18.4 Å². The lowest BCUT2D eigenvalue weighted by molar-refractivity contribution is -0.384. The molecule has 2 saturated heterocycles. The van der Waals surface area contributed by atoms with Gasteiger partial charge in [0.05, 0.1) is 10.5 Å². The smallest absolute Gasteiger partial charge is 0.365 e. The molecular formula is C14H16F3N3O2. The van der Waals surface area contributed by atoms with Gasteiger partial charge in [0.1, 0.15) is 5.69 Å². The predicted octanol–water partition coefficient (Wildman–Crippen LogP) is 2.80. The van der Waals surface area contributed by atoms with Gasteiger partial charge in [0.15, 0.2) is 0 Å². The van der Waals surface area contributed by atoms with Gasteiger partial charge in [-0.15, -0.1) is 0 Å². The molecule has 1 unspecified atom stereocenters. The zero-order valence-corrected chi connectivity index (χ0v) is 11.8. The quantitative estimate of drug-likeness (QED) is 0.673. The van der Waals surface area contributed by atoms with Crippen LogP contribution >= 0.6 is 0 Å². The molecule has 2 fully saturated rings. The number of benzene rings is 1. The summed E-state index contributed by atoms with van der Waals surface area (Å²) in [6.07, 6.45) is -2.68. The van der Waals surface area contributed by atoms with E-state index >= 15 is 0 Å². The molecule has 0 bridgehead atoms. The van der Waals surface area contributed by atoms with Gasteiger partial charge in [0, 0.05) is 31.1 Å². The number of anilines is 1. The zero-order chi connectivity index (χ0) is 16.0. The fourth-order valence-corrected chi connectivity index (χ4v) is 3.40. The van der Waals surface area contributed by atoms with Crippen molar-refractivity contribution in [3.63, 3.8) is 0 Å². The second kappa shape index (κ2) is 5.12. The van der Waals surface area contributed by atoms with Gasteiger partial charge in [0.2, 0.25) is 0 Å². The van der Waals surface area contributed by atoms with Crippen LogP contribution in [0, 0.1) is 15.5 Å². The third kappa shape index (κ3) is 2.63. The second-order valence-corrected chi connectivity index (χ2v) is 6.06. The minimum Gasteiger partial charge on any atom is -0.365 e. The summed E-state index contributed by atoms with van der Waals surface area (Å²) < 4.78 is 38.2. The molecule has 5 nitrogen and oxygen atoms in total. The van der Waals surface area contributed by atoms with Crippen molar-refractivity contribution >= 4 is 11.4 Å². The molecule has 3 rings (SSSR count). The van der Waals surface area contributed by atoms with Gasteiger partial charge < -0.3 is 10.2 Å². The Morgan fingerprint density at radius 2 is 2.09 bits per heavy atom. The molecule has 0 amide bonds. The normalized spacial score (nSPS) is 25.1. The Bertz CT molecular complexity index is 597. The van der Waals surface area contributed by atoms with Crippen molar-refractivity contribution in [2.75, 3.05) is 31.1 Å². The standard InChI is InChI=1S/C14H16F3N3O2/c15-14(16,17)10-1-2-11(12(7-10)20(21)22)19-6-4-13(9-19)3-5-18-8-13/h1-2,7,18H,3-6,8-9H2. The first-order chi connectivity index (χ1) is 10.3. The summed E-state index contributed by atoms with van der Waals surface area (Å²) in [6.45, 7) is 3.06. The monoisotopic (exact) mass is 315 g/mol. The van der Waals surface area contributed by atoms with Crippen molar-refractivity contribution in [1.82, 2.24) is 5.32 Å². The highest BCUT2D eigenvalue weighted by atomic mass is 19.4. The third-order valence-electron chi connectivity index (χ3n) is 4.61. The Morgan fingerprint density at radius 1 is 1.32 bits per heavy atom. The molecule has 8 heteroatoms. The summed E-state index contributed by atoms with van der Waals surface area (Å²) >= 11 is 0. The number of hydrogen-bond acceptors (Lipinski definition) is 4. The van der Waals surface area contributed by atoms with Crippen LogP contribution in [0.2, 0.25) is 0 Å². The average molecular weight is 315 g/mol. The first kappa shape index (κ1) is 15.1. The molecule has 120 valence electrons. The van der Waals surface area contributed by atoms with Crippen LogP contribution in [0.4, 0.5) is 24.5 Å². The molecule has 2 heterocycles. The van der Waals surface area contributed by atoms with E-state index in [1.54, 1.807) is 0 Å². The van der Waals surface area contributed by atoms with Gasteiger partial charge >= 0.3 is 6.18 Å². The highest BCUT2D eigenvalue weighted by Gasteiger charge is 2.42. The Balaban J connectivity index is 1.92. The second-order valence-electron chi connectivity index (χ2n) is 6.06. The highest BCUT2D eigenvalue weighted by molar-refractivity contribution is 5.65. The van der Waals surface area contributed by atoms with Crippen molar-refractivity contribution in [1.29, 1.82) is 0 Å². The Labute approximate surface area is 125 Å². The molecule has 2 aliphatic heterocycles. The van der Waals surface area contributed by atoms with E-state index < -0.39 is 22.4 Å². The molecule has 1 aromatic rings. The highest BCUT2D eigenvalue weighted by Crippen LogP contribution is 2.42. The first-order valence-corrected chi connectivity index (χ1v) is 7.12. The van der Waals surface area contributed by atoms with Gasteiger partial charge in [-0.25, -0.2) is 0 Å². The molecule has 0 saturated carbocycles. The maximum atomic E-state index is 12.7. The van der Waals surface area contributed by atoms with Gasteiger partial charge in [-0.2, -0.15) is 13.2 Å². The molecule has 0 aliphatic carbocycles. The molecule has 0 radical (unpaired) electrons. The van der Waals surface area contributed by atoms with Crippen LogP contribution in [0.5, 0.6) is 0 Å². The lowest BCUT2D eigenvalue weighted by Crippen LogP contribution is -2.29. The largest absolute Gasteiger partial charge is 0.416 e. The van der Waals surface area contributed by atoms with Crippen molar-refractivity contribution in [2.45, 2.75) is 19.0 Å². The van der Waals surface area contributed by atoms with Crippen molar-refractivity contribution in [3.8, 4) is 0 Å². The maximum Gasteiger partial charge on any atom is 0.416 e. The van der Waals surface area contributed by atoms with Crippen LogP contribution in [0.25, 0.3) is 0 Å². The van der Waals surface area contributed by atoms with Crippen LogP contribution in [-0.4, -0.2) is 31.1 Å². The lowest BCUT2D eigenvalue weighted by Gasteiger charge is -2.24. The Kier molecular flexibility index (Phi) is 3.51. The number of alkyl halides is 3. The lowest BCUT2D eigenvalue weighted by atomic mass is 9.86. The average Bonchev–Trinajstić information content (AvgIpc) is 3.08. The number of hydrogen-bond donors (Lipinski definition) is 1. The van der Waals surface area contributed by atoms with Crippen molar-refractivity contribution in [3.05, 3.63) is 33.9 Å². The van der Waals surface area contributed by atoms with E-state index in [-0.39, 0.29) is 11.1 Å². The van der Waals surface area contributed by atoms with Gasteiger partial charge in [-0.3, -0.25) is 10.1 Å². The summed E-state index contributed by atoms with van der Waals surface area (Å²) in [4.78, 5) is 12.3. The number of nitrogens with zero attached hydrogens (tertiary/aromatic N) is 2. The van der Waals surface area contributed by atoms with E-state index in [9.17, 15) is 23.3 Å². The summed E-state index contributed by atoms with van der Waals surface area (Å²) in [5.41, 5.74) is -1.09. The Hall–Kier alpha value is -1.83. The molecule has 22 heavy (non-hydrogen) atoms. The molecule has 1 atom stereocenters. The SMILES string of the molecule is O=[N+]([O-])c1cc(C(F)(F)F)ccc1N1CCC2(CCNC2)C1. The number of rotatable bonds is 2. The van der Waals surface area contributed by atoms with Crippen molar-refractivity contribution < 1.29 is 18.1 Å². The number of nitro groups is 1. The van der Waals surface area contributed by atoms with Crippen LogP contribution in [0.15, 0.2) is 18.2 Å². The van der Waals surface area contributed by atoms with Crippen LogP contribution in [0.3, 0.4) is 0 Å². The summed E-state index contributed by atoms with van der Waals surface area (Å²) in [6, 6.07) is 2.77. The van der Waals surface area contributed by atoms with E-state index in [1.807, 2.05) is 4.90 Å². The fourth-order valence-electron chi connectivity index (χ4n) is 3.40. The van der Waals surface area contributed by atoms with Crippen LogP contribution in [-0.2, 0) is 6.18 Å². The van der Waals surface area contributed by atoms with Crippen LogP contribution < -0.4 is 10.2 Å². The third-order valence-corrected chi connectivity index (χ3v) is 4.61. The Morgan fingerprint density at radius 3 is 2.68 bits per heavy atom. The molecule has 0 aromatic heterocycles. The number of nitro benzene ring substituents is 1. The molecular weight excluding hydrogens is 299 g/mol. The summed E-state index contributed by atoms with van der Waals surface area (Å²) in [5.74, 6) is 0. The van der Waals surface area contributed by atoms with Gasteiger partial charge in [-0.1, -0.05) is 0 Å². The van der Waals surface area contributed by atoms with E-state index in [1.165, 1.54) is 6.07 Å². The van der Waals surface area contributed by atoms with Crippen molar-refractivity contribution in [2.24, 2.45) is 5.41 Å². The van der Waals surface area contributed by atoms with E-state index in [4.69, 9.17) is 0 Å². The fraction of sp³-hybridized carbons (Fsp3) is 0.571. The maximum absolute atomic E-state index is 12.7.